The van der Waals surface area contributed by atoms with E-state index in [0.29, 0.717) is 24.0 Å². The van der Waals surface area contributed by atoms with Gasteiger partial charge in [-0.3, -0.25) is 4.79 Å². The Bertz CT molecular complexity index is 628. The van der Waals surface area contributed by atoms with Crippen LogP contribution < -0.4 is 10.6 Å². The minimum absolute atomic E-state index is 0.179. The SMILES string of the molecule is CC(C)CCNC(=O)c1cc(Nc2ccc(Br)cc2)ncn1. The normalized spacial score (nSPS) is 10.5. The number of hydrogen-bond donors (Lipinski definition) is 2. The first-order valence-corrected chi connectivity index (χ1v) is 7.96. The molecule has 2 rings (SSSR count). The molecule has 1 aromatic heterocycles. The van der Waals surface area contributed by atoms with E-state index >= 15 is 0 Å². The van der Waals surface area contributed by atoms with Crippen LogP contribution in [-0.2, 0) is 0 Å². The van der Waals surface area contributed by atoms with Crippen molar-refractivity contribution in [2.75, 3.05) is 11.9 Å². The third kappa shape index (κ3) is 5.11. The summed E-state index contributed by atoms with van der Waals surface area (Å²) < 4.78 is 1.01. The third-order valence-corrected chi connectivity index (χ3v) is 3.55. The van der Waals surface area contributed by atoms with Crippen LogP contribution in [0.3, 0.4) is 0 Å². The van der Waals surface area contributed by atoms with Crippen molar-refractivity contribution in [2.24, 2.45) is 5.92 Å². The lowest BCUT2D eigenvalue weighted by Crippen LogP contribution is -2.26. The van der Waals surface area contributed by atoms with Gasteiger partial charge in [0, 0.05) is 22.8 Å². The lowest BCUT2D eigenvalue weighted by Gasteiger charge is -2.08. The summed E-state index contributed by atoms with van der Waals surface area (Å²) >= 11 is 3.39. The average Bonchev–Trinajstić information content (AvgIpc) is 2.49. The highest BCUT2D eigenvalue weighted by molar-refractivity contribution is 9.10. The topological polar surface area (TPSA) is 66.9 Å². The van der Waals surface area contributed by atoms with E-state index in [1.54, 1.807) is 6.07 Å². The molecule has 2 N–H and O–H groups in total. The standard InChI is InChI=1S/C16H19BrN4O/c1-11(2)7-8-18-16(22)14-9-15(20-10-19-14)21-13-5-3-12(17)4-6-13/h3-6,9-11H,7-8H2,1-2H3,(H,18,22)(H,19,20,21). The maximum absolute atomic E-state index is 12.0. The highest BCUT2D eigenvalue weighted by atomic mass is 79.9. The summed E-state index contributed by atoms with van der Waals surface area (Å²) in [5.74, 6) is 0.966. The Balaban J connectivity index is 2.00. The molecule has 0 fully saturated rings. The van der Waals surface area contributed by atoms with E-state index in [-0.39, 0.29) is 5.91 Å². The Labute approximate surface area is 138 Å². The second-order valence-electron chi connectivity index (χ2n) is 5.36. The van der Waals surface area contributed by atoms with Gasteiger partial charge in [-0.25, -0.2) is 9.97 Å². The van der Waals surface area contributed by atoms with Gasteiger partial charge in [0.1, 0.15) is 17.8 Å². The Morgan fingerprint density at radius 2 is 1.95 bits per heavy atom. The summed E-state index contributed by atoms with van der Waals surface area (Å²) in [4.78, 5) is 20.2. The number of carbonyl (C=O) groups excluding carboxylic acids is 1. The Hall–Kier alpha value is -1.95. The van der Waals surface area contributed by atoms with Gasteiger partial charge in [0.25, 0.3) is 5.91 Å². The number of nitrogens with zero attached hydrogens (tertiary/aromatic N) is 2. The first-order valence-electron chi connectivity index (χ1n) is 7.17. The van der Waals surface area contributed by atoms with Gasteiger partial charge in [-0.05, 0) is 36.6 Å². The Kier molecular flexibility index (Phi) is 5.89. The predicted molar refractivity (Wildman–Crippen MR) is 91.2 cm³/mol. The van der Waals surface area contributed by atoms with E-state index in [4.69, 9.17) is 0 Å². The second-order valence-corrected chi connectivity index (χ2v) is 6.27. The van der Waals surface area contributed by atoms with Gasteiger partial charge in [-0.15, -0.1) is 0 Å². The molecule has 0 aliphatic rings. The molecule has 0 unspecified atom stereocenters. The summed E-state index contributed by atoms with van der Waals surface area (Å²) in [7, 11) is 0. The van der Waals surface area contributed by atoms with Crippen molar-refractivity contribution < 1.29 is 4.79 Å². The summed E-state index contributed by atoms with van der Waals surface area (Å²) in [5.41, 5.74) is 1.26. The quantitative estimate of drug-likeness (QED) is 0.820. The van der Waals surface area contributed by atoms with Crippen LogP contribution in [0.15, 0.2) is 41.1 Å². The molecule has 0 spiro atoms. The highest BCUT2D eigenvalue weighted by Crippen LogP contribution is 2.18. The molecule has 22 heavy (non-hydrogen) atoms. The first-order chi connectivity index (χ1) is 10.5. The van der Waals surface area contributed by atoms with Crippen LogP contribution in [0.25, 0.3) is 0 Å². The van der Waals surface area contributed by atoms with E-state index in [1.165, 1.54) is 6.33 Å². The van der Waals surface area contributed by atoms with E-state index in [2.05, 4.69) is 50.4 Å². The smallest absolute Gasteiger partial charge is 0.270 e. The van der Waals surface area contributed by atoms with E-state index < -0.39 is 0 Å². The number of amides is 1. The van der Waals surface area contributed by atoms with Crippen LogP contribution in [0.5, 0.6) is 0 Å². The monoisotopic (exact) mass is 362 g/mol. The van der Waals surface area contributed by atoms with Crippen molar-refractivity contribution in [1.29, 1.82) is 0 Å². The van der Waals surface area contributed by atoms with Gasteiger partial charge in [0.05, 0.1) is 0 Å². The van der Waals surface area contributed by atoms with Crippen molar-refractivity contribution in [3.63, 3.8) is 0 Å². The van der Waals surface area contributed by atoms with Crippen LogP contribution >= 0.6 is 15.9 Å². The van der Waals surface area contributed by atoms with Crippen LogP contribution in [0, 0.1) is 5.92 Å². The molecule has 6 heteroatoms. The largest absolute Gasteiger partial charge is 0.351 e. The molecule has 0 saturated heterocycles. The van der Waals surface area contributed by atoms with Crippen molar-refractivity contribution in [2.45, 2.75) is 20.3 Å². The molecule has 0 aliphatic carbocycles. The van der Waals surface area contributed by atoms with Crippen molar-refractivity contribution in [3.05, 3.63) is 46.8 Å². The molecule has 0 bridgehead atoms. The van der Waals surface area contributed by atoms with E-state index in [0.717, 1.165) is 16.6 Å². The molecule has 0 atom stereocenters. The molecule has 1 aromatic carbocycles. The minimum Gasteiger partial charge on any atom is -0.351 e. The van der Waals surface area contributed by atoms with Gasteiger partial charge >= 0.3 is 0 Å². The van der Waals surface area contributed by atoms with Gasteiger partial charge in [0.2, 0.25) is 0 Å². The lowest BCUT2D eigenvalue weighted by molar-refractivity contribution is 0.0947. The number of hydrogen-bond acceptors (Lipinski definition) is 4. The fraction of sp³-hybridized carbons (Fsp3) is 0.312. The average molecular weight is 363 g/mol. The van der Waals surface area contributed by atoms with Crippen LogP contribution in [0.2, 0.25) is 0 Å². The number of anilines is 2. The number of aromatic nitrogens is 2. The first kappa shape index (κ1) is 16.4. The zero-order valence-corrected chi connectivity index (χ0v) is 14.2. The van der Waals surface area contributed by atoms with E-state index in [9.17, 15) is 4.79 Å². The fourth-order valence-corrected chi connectivity index (χ4v) is 2.06. The van der Waals surface area contributed by atoms with Crippen LogP contribution in [-0.4, -0.2) is 22.4 Å². The molecule has 0 saturated carbocycles. The van der Waals surface area contributed by atoms with Crippen LogP contribution in [0.4, 0.5) is 11.5 Å². The zero-order chi connectivity index (χ0) is 15.9. The minimum atomic E-state index is -0.179. The maximum atomic E-state index is 12.0. The second kappa shape index (κ2) is 7.89. The number of halogens is 1. The van der Waals surface area contributed by atoms with Crippen molar-refractivity contribution >= 4 is 33.3 Å². The number of rotatable bonds is 6. The summed E-state index contributed by atoms with van der Waals surface area (Å²) in [5, 5.41) is 6.01. The Morgan fingerprint density at radius 1 is 1.23 bits per heavy atom. The number of carbonyl (C=O) groups is 1. The Morgan fingerprint density at radius 3 is 2.64 bits per heavy atom. The van der Waals surface area contributed by atoms with E-state index in [1.807, 2.05) is 24.3 Å². The summed E-state index contributed by atoms with van der Waals surface area (Å²) in [6, 6.07) is 9.36. The fourth-order valence-electron chi connectivity index (χ4n) is 1.80. The molecular formula is C16H19BrN4O. The lowest BCUT2D eigenvalue weighted by atomic mass is 10.1. The molecule has 116 valence electrons. The number of benzene rings is 1. The zero-order valence-electron chi connectivity index (χ0n) is 12.6. The van der Waals surface area contributed by atoms with Gasteiger partial charge < -0.3 is 10.6 Å². The van der Waals surface area contributed by atoms with Crippen molar-refractivity contribution in [3.8, 4) is 0 Å². The van der Waals surface area contributed by atoms with Crippen molar-refractivity contribution in [1.82, 2.24) is 15.3 Å². The summed E-state index contributed by atoms with van der Waals surface area (Å²) in [6.07, 6.45) is 2.33. The van der Waals surface area contributed by atoms with Gasteiger partial charge in [-0.1, -0.05) is 29.8 Å². The van der Waals surface area contributed by atoms with Gasteiger partial charge in [-0.2, -0.15) is 0 Å². The molecule has 0 aliphatic heterocycles. The molecule has 0 radical (unpaired) electrons. The highest BCUT2D eigenvalue weighted by Gasteiger charge is 2.08. The summed E-state index contributed by atoms with van der Waals surface area (Å²) in [6.45, 7) is 4.89. The van der Waals surface area contributed by atoms with Gasteiger partial charge in [0.15, 0.2) is 0 Å². The molecular weight excluding hydrogens is 344 g/mol. The predicted octanol–water partition coefficient (Wildman–Crippen LogP) is 3.76. The molecule has 2 aromatic rings. The maximum Gasteiger partial charge on any atom is 0.270 e. The molecule has 1 amide bonds. The molecule has 1 heterocycles. The third-order valence-electron chi connectivity index (χ3n) is 3.02. The van der Waals surface area contributed by atoms with Crippen LogP contribution in [0.1, 0.15) is 30.8 Å². The molecule has 5 nitrogen and oxygen atoms in total. The number of nitrogens with one attached hydrogen (secondary N) is 2.